The zero-order valence-electron chi connectivity index (χ0n) is 13.1. The van der Waals surface area contributed by atoms with Crippen molar-refractivity contribution in [1.29, 1.82) is 0 Å². The number of anilines is 1. The van der Waals surface area contributed by atoms with Crippen molar-refractivity contribution in [1.82, 2.24) is 10.7 Å². The summed E-state index contributed by atoms with van der Waals surface area (Å²) in [4.78, 5) is 2.07. The third-order valence-corrected chi connectivity index (χ3v) is 2.93. The number of benzene rings is 1. The number of nitrogens with zero attached hydrogens (tertiary/aromatic N) is 2. The van der Waals surface area contributed by atoms with Crippen LogP contribution in [0, 0.1) is 5.92 Å². The zero-order chi connectivity index (χ0) is 15.7. The van der Waals surface area contributed by atoms with E-state index in [1.54, 1.807) is 6.21 Å². The van der Waals surface area contributed by atoms with Crippen molar-refractivity contribution in [3.63, 3.8) is 0 Å². The van der Waals surface area contributed by atoms with E-state index < -0.39 is 0 Å². The minimum absolute atomic E-state index is 0.545. The van der Waals surface area contributed by atoms with Crippen molar-refractivity contribution in [2.45, 2.75) is 13.8 Å². The van der Waals surface area contributed by atoms with Crippen LogP contribution >= 0.6 is 12.2 Å². The van der Waals surface area contributed by atoms with Crippen molar-refractivity contribution in [3.8, 4) is 0 Å². The molecule has 1 rings (SSSR count). The number of allylic oxidation sites excluding steroid dienone is 1. The molecule has 0 radical (unpaired) electrons. The van der Waals surface area contributed by atoms with Crippen LogP contribution in [0.4, 0.5) is 5.69 Å². The fourth-order valence-corrected chi connectivity index (χ4v) is 1.65. The number of hydrazone groups is 1. The van der Waals surface area contributed by atoms with E-state index in [1.807, 2.05) is 26.2 Å². The van der Waals surface area contributed by atoms with Gasteiger partial charge in [-0.25, -0.2) is 0 Å². The van der Waals surface area contributed by atoms with Crippen molar-refractivity contribution in [3.05, 3.63) is 35.9 Å². The Morgan fingerprint density at radius 3 is 2.52 bits per heavy atom. The first kappa shape index (κ1) is 17.2. The van der Waals surface area contributed by atoms with Gasteiger partial charge in [-0.1, -0.05) is 32.1 Å². The zero-order valence-corrected chi connectivity index (χ0v) is 13.9. The van der Waals surface area contributed by atoms with E-state index in [-0.39, 0.29) is 0 Å². The fraction of sp³-hybridized carbons (Fsp3) is 0.375. The molecule has 0 saturated heterocycles. The van der Waals surface area contributed by atoms with Gasteiger partial charge in [0, 0.05) is 32.5 Å². The van der Waals surface area contributed by atoms with E-state index in [0.717, 1.165) is 12.1 Å². The van der Waals surface area contributed by atoms with Crippen LogP contribution in [-0.2, 0) is 0 Å². The van der Waals surface area contributed by atoms with E-state index in [9.17, 15) is 0 Å². The Labute approximate surface area is 132 Å². The third-order valence-electron chi connectivity index (χ3n) is 2.70. The third kappa shape index (κ3) is 7.46. The average molecular weight is 304 g/mol. The lowest BCUT2D eigenvalue weighted by Crippen LogP contribution is -2.34. The van der Waals surface area contributed by atoms with Crippen molar-refractivity contribution in [2.24, 2.45) is 11.0 Å². The Bertz CT molecular complexity index is 490. The predicted molar refractivity (Wildman–Crippen MR) is 96.9 cm³/mol. The predicted octanol–water partition coefficient (Wildman–Crippen LogP) is 2.87. The van der Waals surface area contributed by atoms with Gasteiger partial charge >= 0.3 is 0 Å². The van der Waals surface area contributed by atoms with Gasteiger partial charge in [-0.05, 0) is 41.9 Å². The molecule has 0 spiro atoms. The molecule has 1 aromatic carbocycles. The molecule has 0 aromatic heterocycles. The quantitative estimate of drug-likeness (QED) is 0.482. The van der Waals surface area contributed by atoms with E-state index in [0.29, 0.717) is 11.0 Å². The van der Waals surface area contributed by atoms with E-state index in [4.69, 9.17) is 12.2 Å². The van der Waals surface area contributed by atoms with Crippen LogP contribution in [0.5, 0.6) is 0 Å². The summed E-state index contributed by atoms with van der Waals surface area (Å²) in [5.74, 6) is 0.554. The van der Waals surface area contributed by atoms with Crippen LogP contribution in [0.3, 0.4) is 0 Å². The maximum atomic E-state index is 5.09. The Morgan fingerprint density at radius 1 is 1.29 bits per heavy atom. The normalized spacial score (nSPS) is 11.3. The van der Waals surface area contributed by atoms with Crippen LogP contribution < -0.4 is 15.6 Å². The highest BCUT2D eigenvalue weighted by Gasteiger charge is 1.95. The SMILES string of the molecule is CC(C)CNC(=S)N/N=C/C=C/c1ccc(N(C)C)cc1. The molecule has 21 heavy (non-hydrogen) atoms. The van der Waals surface area contributed by atoms with Crippen LogP contribution in [0.15, 0.2) is 35.4 Å². The van der Waals surface area contributed by atoms with E-state index in [1.165, 1.54) is 5.69 Å². The monoisotopic (exact) mass is 304 g/mol. The van der Waals surface area contributed by atoms with Gasteiger partial charge in [-0.3, -0.25) is 5.43 Å². The van der Waals surface area contributed by atoms with Crippen LogP contribution in [0.1, 0.15) is 19.4 Å². The van der Waals surface area contributed by atoms with Gasteiger partial charge in [0.25, 0.3) is 0 Å². The standard InChI is InChI=1S/C16H24N4S/c1-13(2)12-17-16(21)19-18-11-5-6-14-7-9-15(10-8-14)20(3)4/h5-11,13H,12H2,1-4H3,(H2,17,19,21)/b6-5+,18-11+. The number of nitrogens with one attached hydrogen (secondary N) is 2. The van der Waals surface area contributed by atoms with Crippen molar-refractivity contribution >= 4 is 35.3 Å². The van der Waals surface area contributed by atoms with Crippen LogP contribution in [-0.4, -0.2) is 32.0 Å². The smallest absolute Gasteiger partial charge is 0.186 e. The second kappa shape index (κ2) is 9.13. The minimum atomic E-state index is 0.545. The molecular weight excluding hydrogens is 280 g/mol. The Balaban J connectivity index is 2.36. The molecule has 0 fully saturated rings. The number of rotatable bonds is 6. The van der Waals surface area contributed by atoms with Gasteiger partial charge in [0.1, 0.15) is 0 Å². The fourth-order valence-electron chi connectivity index (χ4n) is 1.51. The summed E-state index contributed by atoms with van der Waals surface area (Å²) in [6, 6.07) is 8.31. The first-order valence-electron chi connectivity index (χ1n) is 7.00. The average Bonchev–Trinajstić information content (AvgIpc) is 2.45. The molecule has 0 aliphatic heterocycles. The first-order valence-corrected chi connectivity index (χ1v) is 7.41. The van der Waals surface area contributed by atoms with Gasteiger partial charge < -0.3 is 10.2 Å². The van der Waals surface area contributed by atoms with Crippen LogP contribution in [0.25, 0.3) is 6.08 Å². The highest BCUT2D eigenvalue weighted by atomic mass is 32.1. The number of thiocarbonyl (C=S) groups is 1. The van der Waals surface area contributed by atoms with Gasteiger partial charge in [-0.2, -0.15) is 5.10 Å². The molecule has 2 N–H and O–H groups in total. The molecule has 0 atom stereocenters. The second-order valence-corrected chi connectivity index (χ2v) is 5.75. The maximum Gasteiger partial charge on any atom is 0.186 e. The minimum Gasteiger partial charge on any atom is -0.378 e. The molecule has 1 aromatic rings. The summed E-state index contributed by atoms with van der Waals surface area (Å²) in [5, 5.41) is 7.67. The van der Waals surface area contributed by atoms with E-state index in [2.05, 4.69) is 58.9 Å². The molecule has 114 valence electrons. The van der Waals surface area contributed by atoms with Gasteiger partial charge in [0.05, 0.1) is 0 Å². The first-order chi connectivity index (χ1) is 9.99. The topological polar surface area (TPSA) is 39.7 Å². The molecule has 4 nitrogen and oxygen atoms in total. The molecule has 5 heteroatoms. The number of hydrogen-bond acceptors (Lipinski definition) is 3. The van der Waals surface area contributed by atoms with Gasteiger partial charge in [0.15, 0.2) is 5.11 Å². The lowest BCUT2D eigenvalue weighted by molar-refractivity contribution is 0.621. The maximum absolute atomic E-state index is 5.09. The molecule has 0 aliphatic carbocycles. The van der Waals surface area contributed by atoms with Crippen molar-refractivity contribution < 1.29 is 0 Å². The van der Waals surface area contributed by atoms with Crippen LogP contribution in [0.2, 0.25) is 0 Å². The Hall–Kier alpha value is -1.88. The summed E-state index contributed by atoms with van der Waals surface area (Å²) in [6.07, 6.45) is 5.56. The number of hydrogen-bond donors (Lipinski definition) is 2. The Kier molecular flexibility index (Phi) is 7.46. The lowest BCUT2D eigenvalue weighted by Gasteiger charge is -2.11. The summed E-state index contributed by atoms with van der Waals surface area (Å²) < 4.78 is 0. The van der Waals surface area contributed by atoms with Gasteiger partial charge in [0.2, 0.25) is 0 Å². The highest BCUT2D eigenvalue weighted by molar-refractivity contribution is 7.80. The highest BCUT2D eigenvalue weighted by Crippen LogP contribution is 2.12. The lowest BCUT2D eigenvalue weighted by atomic mass is 10.2. The summed E-state index contributed by atoms with van der Waals surface area (Å²) in [6.45, 7) is 5.10. The molecular formula is C16H24N4S. The Morgan fingerprint density at radius 2 is 1.95 bits per heavy atom. The summed E-state index contributed by atoms with van der Waals surface area (Å²) in [7, 11) is 4.05. The molecule has 0 amide bonds. The van der Waals surface area contributed by atoms with E-state index >= 15 is 0 Å². The molecule has 0 aliphatic rings. The summed E-state index contributed by atoms with van der Waals surface area (Å²) >= 11 is 5.09. The molecule has 0 bridgehead atoms. The van der Waals surface area contributed by atoms with Crippen molar-refractivity contribution in [2.75, 3.05) is 25.5 Å². The molecule has 0 heterocycles. The molecule has 0 saturated carbocycles. The second-order valence-electron chi connectivity index (χ2n) is 5.34. The van der Waals surface area contributed by atoms with Gasteiger partial charge in [-0.15, -0.1) is 0 Å². The molecule has 0 unspecified atom stereocenters. The summed E-state index contributed by atoms with van der Waals surface area (Å²) in [5.41, 5.74) is 5.10. The largest absolute Gasteiger partial charge is 0.378 e.